The fourth-order valence-electron chi connectivity index (χ4n) is 3.05. The van der Waals surface area contributed by atoms with Gasteiger partial charge in [0.1, 0.15) is 0 Å². The van der Waals surface area contributed by atoms with Gasteiger partial charge in [0.25, 0.3) is 0 Å². The second kappa shape index (κ2) is 9.62. The summed E-state index contributed by atoms with van der Waals surface area (Å²) >= 11 is 0. The molecule has 3 aromatic carbocycles. The third-order valence-electron chi connectivity index (χ3n) is 4.96. The van der Waals surface area contributed by atoms with Gasteiger partial charge < -0.3 is 29.2 Å². The molecule has 0 amide bonds. The minimum absolute atomic E-state index is 0.102. The van der Waals surface area contributed by atoms with E-state index in [9.17, 15) is 28.8 Å². The van der Waals surface area contributed by atoms with E-state index in [0.717, 1.165) is 48.5 Å². The molecule has 12 nitrogen and oxygen atoms in total. The highest BCUT2D eigenvalue weighted by molar-refractivity contribution is 5.97. The molecule has 0 aliphatic carbocycles. The van der Waals surface area contributed by atoms with Crippen LogP contribution in [0.5, 0.6) is 0 Å². The lowest BCUT2D eigenvalue weighted by atomic mass is 10.1. The molecule has 2 aliphatic rings. The number of carbonyl (C=O) groups is 6. The number of carboxylic acids is 2. The summed E-state index contributed by atoms with van der Waals surface area (Å²) in [7, 11) is 0. The number of benzene rings is 3. The molecule has 0 saturated carbocycles. The molecule has 0 saturated heterocycles. The van der Waals surface area contributed by atoms with Crippen molar-refractivity contribution in [3.8, 4) is 0 Å². The van der Waals surface area contributed by atoms with E-state index in [4.69, 9.17) is 29.2 Å². The Morgan fingerprint density at radius 3 is 1.14 bits per heavy atom. The van der Waals surface area contributed by atoms with Gasteiger partial charge in [-0.2, -0.15) is 0 Å². The summed E-state index contributed by atoms with van der Waals surface area (Å²) in [4.78, 5) is 73.3. The monoisotopic (exact) mass is 506 g/mol. The molecule has 2 aliphatic heterocycles. The Kier molecular flexibility index (Phi) is 6.39. The van der Waals surface area contributed by atoms with Gasteiger partial charge in [0.05, 0.1) is 33.4 Å². The molecule has 2 bridgehead atoms. The third kappa shape index (κ3) is 5.27. The van der Waals surface area contributed by atoms with Crippen LogP contribution in [0.4, 0.5) is 0 Å². The second-order valence-corrected chi connectivity index (χ2v) is 7.40. The molecule has 186 valence electrons. The lowest BCUT2D eigenvalue weighted by Crippen LogP contribution is -2.48. The summed E-state index contributed by atoms with van der Waals surface area (Å²) in [6.45, 7) is 0. The van der Waals surface area contributed by atoms with E-state index in [2.05, 4.69) is 0 Å². The van der Waals surface area contributed by atoms with Crippen molar-refractivity contribution < 1.29 is 57.9 Å². The van der Waals surface area contributed by atoms with E-state index in [0.29, 0.717) is 0 Å². The molecule has 37 heavy (non-hydrogen) atoms. The Bertz CT molecular complexity index is 1310. The third-order valence-corrected chi connectivity index (χ3v) is 4.96. The molecular weight excluding hydrogens is 492 g/mol. The normalized spacial score (nSPS) is 13.7. The van der Waals surface area contributed by atoms with Crippen LogP contribution in [0.3, 0.4) is 0 Å². The van der Waals surface area contributed by atoms with Gasteiger partial charge in [0.15, 0.2) is 0 Å². The molecule has 0 spiro atoms. The van der Waals surface area contributed by atoms with E-state index in [-0.39, 0.29) is 33.4 Å². The highest BCUT2D eigenvalue weighted by Gasteiger charge is 2.51. The first kappa shape index (κ1) is 24.6. The Morgan fingerprint density at radius 2 is 0.838 bits per heavy atom. The second-order valence-electron chi connectivity index (χ2n) is 7.40. The van der Waals surface area contributed by atoms with Gasteiger partial charge in [-0.05, 0) is 72.8 Å². The topological polar surface area (TPSA) is 180 Å². The number of rotatable bonds is 6. The molecule has 2 heterocycles. The molecule has 0 radical (unpaired) electrons. The highest BCUT2D eigenvalue weighted by atomic mass is 17.0. The van der Waals surface area contributed by atoms with Crippen molar-refractivity contribution in [3.05, 3.63) is 106 Å². The van der Waals surface area contributed by atoms with E-state index in [1.54, 1.807) is 0 Å². The van der Waals surface area contributed by atoms with Gasteiger partial charge in [0.2, 0.25) is 0 Å². The van der Waals surface area contributed by atoms with Crippen LogP contribution in [0.1, 0.15) is 62.1 Å². The average Bonchev–Trinajstić information content (AvgIpc) is 2.95. The largest absolute Gasteiger partial charge is 0.620 e. The van der Waals surface area contributed by atoms with Gasteiger partial charge in [-0.1, -0.05) is 0 Å². The van der Waals surface area contributed by atoms with Crippen LogP contribution >= 0.6 is 0 Å². The SMILES string of the molecule is O=C(O)c1ccc(C(=O)OC2(OC(=O)c3ccc(C(=O)O)cc3)OC(=O)c3ccc(cc3)C(=O)O2)cc1. The number of carboxylic acid groups (broad SMARTS) is 2. The maximum Gasteiger partial charge on any atom is 0.620 e. The Morgan fingerprint density at radius 1 is 0.541 bits per heavy atom. The Balaban J connectivity index is 1.70. The summed E-state index contributed by atoms with van der Waals surface area (Å²) < 4.78 is 20.3. The molecule has 0 aromatic heterocycles. The average molecular weight is 506 g/mol. The van der Waals surface area contributed by atoms with Crippen LogP contribution in [0, 0.1) is 0 Å². The first-order valence-corrected chi connectivity index (χ1v) is 10.3. The molecule has 3 aromatic rings. The smallest absolute Gasteiger partial charge is 0.478 e. The zero-order valence-electron chi connectivity index (χ0n) is 18.4. The number of fused-ring (bicyclic) bond motifs is 6. The molecule has 0 atom stereocenters. The van der Waals surface area contributed by atoms with Crippen LogP contribution in [-0.4, -0.2) is 52.2 Å². The van der Waals surface area contributed by atoms with Crippen molar-refractivity contribution in [2.45, 2.75) is 6.16 Å². The van der Waals surface area contributed by atoms with Crippen molar-refractivity contribution in [3.63, 3.8) is 0 Å². The van der Waals surface area contributed by atoms with Crippen LogP contribution in [0.15, 0.2) is 72.8 Å². The lowest BCUT2D eigenvalue weighted by Gasteiger charge is -2.28. The molecular formula is C25H14O12. The van der Waals surface area contributed by atoms with Gasteiger partial charge in [0, 0.05) is 0 Å². The van der Waals surface area contributed by atoms with Gasteiger partial charge in [-0.25, -0.2) is 28.8 Å². The predicted molar refractivity (Wildman–Crippen MR) is 118 cm³/mol. The van der Waals surface area contributed by atoms with Crippen LogP contribution in [-0.2, 0) is 18.9 Å². The van der Waals surface area contributed by atoms with Crippen LogP contribution in [0.2, 0.25) is 0 Å². The van der Waals surface area contributed by atoms with Crippen molar-refractivity contribution in [1.82, 2.24) is 0 Å². The quantitative estimate of drug-likeness (QED) is 0.369. The Labute approximate surface area is 206 Å². The maximum atomic E-state index is 12.9. The molecule has 0 unspecified atom stereocenters. The lowest BCUT2D eigenvalue weighted by molar-refractivity contribution is -0.413. The number of esters is 4. The van der Waals surface area contributed by atoms with Gasteiger partial charge in [-0.15, -0.1) is 0 Å². The van der Waals surface area contributed by atoms with E-state index >= 15 is 0 Å². The van der Waals surface area contributed by atoms with E-state index < -0.39 is 42.0 Å². The van der Waals surface area contributed by atoms with Crippen LogP contribution in [0.25, 0.3) is 0 Å². The summed E-state index contributed by atoms with van der Waals surface area (Å²) in [6.07, 6.45) is -3.34. The zero-order chi connectivity index (χ0) is 26.7. The molecule has 5 rings (SSSR count). The fraction of sp³-hybridized carbons (Fsp3) is 0.0400. The van der Waals surface area contributed by atoms with Crippen LogP contribution < -0.4 is 0 Å². The summed E-state index contributed by atoms with van der Waals surface area (Å²) in [5.74, 6) is -7.53. The summed E-state index contributed by atoms with van der Waals surface area (Å²) in [5.41, 5.74) is -1.03. The predicted octanol–water partition coefficient (Wildman–Crippen LogP) is 2.74. The minimum Gasteiger partial charge on any atom is -0.478 e. The standard InChI is InChI=1S/C25H14O12/c26-19(27)13-1-5-15(6-2-13)21(30)34-25(35-22(31)16-7-3-14(4-8-16)20(28)29)36-23(32)17-9-10-18(12-11-17)24(33)37-25/h1-12H,(H,26,27)(H,28,29). The van der Waals surface area contributed by atoms with Crippen molar-refractivity contribution >= 4 is 35.8 Å². The van der Waals surface area contributed by atoms with Crippen molar-refractivity contribution in [2.24, 2.45) is 0 Å². The van der Waals surface area contributed by atoms with Gasteiger partial charge in [-0.3, -0.25) is 0 Å². The molecule has 12 heteroatoms. The minimum atomic E-state index is -3.34. The molecule has 0 fully saturated rings. The number of hydrogen-bond donors (Lipinski definition) is 2. The first-order valence-electron chi connectivity index (χ1n) is 10.3. The number of carbonyl (C=O) groups excluding carboxylic acids is 4. The number of hydrogen-bond acceptors (Lipinski definition) is 10. The number of ether oxygens (including phenoxy) is 4. The first-order chi connectivity index (χ1) is 17.6. The zero-order valence-corrected chi connectivity index (χ0v) is 18.4. The fourth-order valence-corrected chi connectivity index (χ4v) is 3.05. The Hall–Kier alpha value is -5.52. The number of aromatic carboxylic acids is 2. The maximum absolute atomic E-state index is 12.9. The molecule has 2 N–H and O–H groups in total. The van der Waals surface area contributed by atoms with E-state index in [1.807, 2.05) is 0 Å². The summed E-state index contributed by atoms with van der Waals surface area (Å²) in [6, 6.07) is 13.5. The van der Waals surface area contributed by atoms with E-state index in [1.165, 1.54) is 24.3 Å². The van der Waals surface area contributed by atoms with Crippen molar-refractivity contribution in [1.29, 1.82) is 0 Å². The summed E-state index contributed by atoms with van der Waals surface area (Å²) in [5, 5.41) is 18.1. The highest BCUT2D eigenvalue weighted by Crippen LogP contribution is 2.27. The van der Waals surface area contributed by atoms with Crippen molar-refractivity contribution in [2.75, 3.05) is 0 Å². The van der Waals surface area contributed by atoms with Gasteiger partial charge >= 0.3 is 42.0 Å².